The Balaban J connectivity index is 3.67. The first-order valence-corrected chi connectivity index (χ1v) is 7.72. The molecule has 1 rings (SSSR count). The quantitative estimate of drug-likeness (QED) is 0.139. The lowest BCUT2D eigenvalue weighted by molar-refractivity contribution is -0.137. The van der Waals surface area contributed by atoms with Crippen LogP contribution in [0.4, 0.5) is 17.6 Å². The van der Waals surface area contributed by atoms with Crippen molar-refractivity contribution >= 4 is 33.9 Å². The van der Waals surface area contributed by atoms with Gasteiger partial charge in [-0.2, -0.15) is 0 Å². The number of nitrogens with zero attached hydrogens (tertiary/aromatic N) is 1. The number of aliphatic hydroxyl groups is 2. The molecule has 0 bridgehead atoms. The molecule has 5 nitrogen and oxygen atoms in total. The van der Waals surface area contributed by atoms with Crippen molar-refractivity contribution in [2.45, 2.75) is 19.9 Å². The number of aliphatic hydroxyl groups excluding tert-OH is 2. The van der Waals surface area contributed by atoms with E-state index < -0.39 is 63.3 Å². The molecule has 0 fully saturated rings. The number of halogens is 5. The van der Waals surface area contributed by atoms with Gasteiger partial charge in [-0.05, 0) is 29.8 Å². The minimum atomic E-state index is -1.91. The Bertz CT molecular complexity index is 708. The smallest absolute Gasteiger partial charge is 0.343 e. The minimum absolute atomic E-state index is 0.146. The predicted molar refractivity (Wildman–Crippen MR) is 85.2 cm³/mol. The zero-order valence-electron chi connectivity index (χ0n) is 13.1. The number of aliphatic imine (C=N–C) groups is 1. The maximum atomic E-state index is 14.0. The standard InChI is InChI=1S/C15H14BrF4NO4/c1-3-25-15(24)7(4-21-6(2)5-22)14(23)8-10(17)12(19)9(16)13(20)11(8)18/h4,6,22-23H,3,5H2,1-2H3. The van der Waals surface area contributed by atoms with E-state index in [9.17, 15) is 27.5 Å². The number of rotatable bonds is 6. The number of carbonyl (C=O) groups excluding carboxylic acids is 1. The lowest BCUT2D eigenvalue weighted by Gasteiger charge is -2.11. The minimum Gasteiger partial charge on any atom is -0.506 e. The number of hydrogen-bond donors (Lipinski definition) is 2. The molecule has 0 spiro atoms. The van der Waals surface area contributed by atoms with Gasteiger partial charge in [0.15, 0.2) is 23.3 Å². The lowest BCUT2D eigenvalue weighted by atomic mass is 10.1. The molecule has 0 saturated carbocycles. The molecule has 0 heterocycles. The fraction of sp³-hybridized carbons (Fsp3) is 0.333. The molecule has 2 N–H and O–H groups in total. The van der Waals surface area contributed by atoms with E-state index >= 15 is 0 Å². The fourth-order valence-corrected chi connectivity index (χ4v) is 1.96. The van der Waals surface area contributed by atoms with E-state index in [-0.39, 0.29) is 6.61 Å². The van der Waals surface area contributed by atoms with Crippen LogP contribution in [0.15, 0.2) is 15.0 Å². The third-order valence-corrected chi connectivity index (χ3v) is 3.62. The van der Waals surface area contributed by atoms with E-state index in [0.717, 1.165) is 0 Å². The fourth-order valence-electron chi connectivity index (χ4n) is 1.62. The summed E-state index contributed by atoms with van der Waals surface area (Å²) in [6.07, 6.45) is 0.699. The van der Waals surface area contributed by atoms with Crippen LogP contribution >= 0.6 is 15.9 Å². The molecule has 0 aliphatic heterocycles. The summed E-state index contributed by atoms with van der Waals surface area (Å²) in [5, 5.41) is 19.0. The third-order valence-electron chi connectivity index (χ3n) is 2.92. The van der Waals surface area contributed by atoms with Gasteiger partial charge in [-0.15, -0.1) is 0 Å². The molecule has 0 aromatic heterocycles. The molecule has 0 aliphatic rings. The molecule has 1 aromatic carbocycles. The van der Waals surface area contributed by atoms with Crippen LogP contribution in [0.25, 0.3) is 5.76 Å². The normalized spacial score (nSPS) is 13.8. The molecule has 0 radical (unpaired) electrons. The van der Waals surface area contributed by atoms with Crippen molar-refractivity contribution in [3.63, 3.8) is 0 Å². The average Bonchev–Trinajstić information content (AvgIpc) is 2.58. The zero-order valence-corrected chi connectivity index (χ0v) is 14.7. The SMILES string of the molecule is CCOC(=O)C(C=NC(C)CO)=C(O)c1c(F)c(F)c(Br)c(F)c1F. The Morgan fingerprint density at radius 3 is 2.20 bits per heavy atom. The van der Waals surface area contributed by atoms with E-state index in [1.807, 2.05) is 0 Å². The molecule has 25 heavy (non-hydrogen) atoms. The van der Waals surface area contributed by atoms with Gasteiger partial charge in [0.25, 0.3) is 0 Å². The Labute approximate surface area is 148 Å². The number of benzene rings is 1. The van der Waals surface area contributed by atoms with Gasteiger partial charge in [-0.1, -0.05) is 0 Å². The Morgan fingerprint density at radius 2 is 1.76 bits per heavy atom. The summed E-state index contributed by atoms with van der Waals surface area (Å²) in [6, 6.07) is -0.717. The van der Waals surface area contributed by atoms with Gasteiger partial charge in [0.05, 0.1) is 29.3 Å². The van der Waals surface area contributed by atoms with Crippen LogP contribution in [-0.2, 0) is 9.53 Å². The zero-order chi connectivity index (χ0) is 19.3. The summed E-state index contributed by atoms with van der Waals surface area (Å²) in [5.74, 6) is -10.0. The van der Waals surface area contributed by atoms with Crippen LogP contribution < -0.4 is 0 Å². The second-order valence-corrected chi connectivity index (χ2v) is 5.53. The van der Waals surface area contributed by atoms with Gasteiger partial charge in [0.2, 0.25) is 0 Å². The summed E-state index contributed by atoms with van der Waals surface area (Å²) < 4.78 is 58.8. The first-order valence-electron chi connectivity index (χ1n) is 6.93. The summed E-state index contributed by atoms with van der Waals surface area (Å²) in [7, 11) is 0. The topological polar surface area (TPSA) is 79.1 Å². The maximum absolute atomic E-state index is 14.0. The van der Waals surface area contributed by atoms with Gasteiger partial charge < -0.3 is 14.9 Å². The maximum Gasteiger partial charge on any atom is 0.343 e. The molecule has 1 aromatic rings. The van der Waals surface area contributed by atoms with E-state index in [2.05, 4.69) is 25.7 Å². The van der Waals surface area contributed by atoms with Gasteiger partial charge in [-0.25, -0.2) is 22.4 Å². The molecule has 1 atom stereocenters. The van der Waals surface area contributed by atoms with Crippen LogP contribution in [0.2, 0.25) is 0 Å². The third kappa shape index (κ3) is 4.57. The summed E-state index contributed by atoms with van der Waals surface area (Å²) >= 11 is 2.34. The van der Waals surface area contributed by atoms with Crippen molar-refractivity contribution in [3.8, 4) is 0 Å². The van der Waals surface area contributed by atoms with Crippen LogP contribution in [0, 0.1) is 23.3 Å². The number of ether oxygens (including phenoxy) is 1. The van der Waals surface area contributed by atoms with Gasteiger partial charge in [0, 0.05) is 6.21 Å². The number of hydrogen-bond acceptors (Lipinski definition) is 5. The first kappa shape index (κ1) is 21.1. The van der Waals surface area contributed by atoms with Gasteiger partial charge in [-0.3, -0.25) is 4.99 Å². The van der Waals surface area contributed by atoms with Gasteiger partial charge in [0.1, 0.15) is 11.3 Å². The predicted octanol–water partition coefficient (Wildman–Crippen LogP) is 3.29. The van der Waals surface area contributed by atoms with Crippen molar-refractivity contribution in [3.05, 3.63) is 38.9 Å². The molecule has 138 valence electrons. The van der Waals surface area contributed by atoms with Crippen LogP contribution in [0.3, 0.4) is 0 Å². The Hall–Kier alpha value is -1.94. The molecule has 1 unspecified atom stereocenters. The van der Waals surface area contributed by atoms with Crippen LogP contribution in [-0.4, -0.2) is 41.7 Å². The lowest BCUT2D eigenvalue weighted by Crippen LogP contribution is -2.15. The van der Waals surface area contributed by atoms with Crippen molar-refractivity contribution in [2.24, 2.45) is 4.99 Å². The molecule has 0 amide bonds. The highest BCUT2D eigenvalue weighted by atomic mass is 79.9. The van der Waals surface area contributed by atoms with Crippen LogP contribution in [0.1, 0.15) is 19.4 Å². The van der Waals surface area contributed by atoms with Crippen molar-refractivity contribution in [1.82, 2.24) is 0 Å². The number of carbonyl (C=O) groups is 1. The summed E-state index contributed by atoms with van der Waals surface area (Å²) in [4.78, 5) is 15.6. The first-order chi connectivity index (χ1) is 11.7. The molecule has 0 saturated heterocycles. The highest BCUT2D eigenvalue weighted by Gasteiger charge is 2.29. The van der Waals surface area contributed by atoms with Crippen molar-refractivity contribution < 1.29 is 37.3 Å². The van der Waals surface area contributed by atoms with E-state index in [0.29, 0.717) is 6.21 Å². The molecule has 10 heteroatoms. The highest BCUT2D eigenvalue weighted by molar-refractivity contribution is 9.10. The highest BCUT2D eigenvalue weighted by Crippen LogP contribution is 2.32. The Kier molecular flexibility index (Phi) is 7.56. The van der Waals surface area contributed by atoms with Crippen molar-refractivity contribution in [2.75, 3.05) is 13.2 Å². The molecular formula is C15H14BrF4NO4. The second kappa shape index (κ2) is 8.95. The van der Waals surface area contributed by atoms with E-state index in [4.69, 9.17) is 5.11 Å². The van der Waals surface area contributed by atoms with Crippen molar-refractivity contribution in [1.29, 1.82) is 0 Å². The van der Waals surface area contributed by atoms with Crippen LogP contribution in [0.5, 0.6) is 0 Å². The van der Waals surface area contributed by atoms with Gasteiger partial charge >= 0.3 is 5.97 Å². The van der Waals surface area contributed by atoms with E-state index in [1.54, 1.807) is 0 Å². The summed E-state index contributed by atoms with van der Waals surface area (Å²) in [5.41, 5.74) is -2.31. The van der Waals surface area contributed by atoms with E-state index in [1.165, 1.54) is 13.8 Å². The monoisotopic (exact) mass is 427 g/mol. The number of esters is 1. The molecular weight excluding hydrogens is 414 g/mol. The summed E-state index contributed by atoms with van der Waals surface area (Å²) in [6.45, 7) is 2.31. The largest absolute Gasteiger partial charge is 0.506 e. The second-order valence-electron chi connectivity index (χ2n) is 4.74. The average molecular weight is 428 g/mol. The Morgan fingerprint density at radius 1 is 1.24 bits per heavy atom. The molecule has 0 aliphatic carbocycles.